The molecule has 0 rings (SSSR count). The third-order valence-corrected chi connectivity index (χ3v) is 1.90. The van der Waals surface area contributed by atoms with Crippen molar-refractivity contribution in [3.8, 4) is 0 Å². The van der Waals surface area contributed by atoms with Gasteiger partial charge in [0.2, 0.25) is 0 Å². The van der Waals surface area contributed by atoms with E-state index in [0.717, 1.165) is 0 Å². The average Bonchev–Trinajstić information content (AvgIpc) is 1.84. The average molecular weight is 227 g/mol. The summed E-state index contributed by atoms with van der Waals surface area (Å²) in [6, 6.07) is 0. The zero-order chi connectivity index (χ0) is 9.23. The fraction of sp³-hybridized carbons (Fsp3) is 0.250. The Hall–Kier alpha value is -1.11. The molecular formula is C4H3BrO6. The molecule has 0 radical (unpaired) electrons. The van der Waals surface area contributed by atoms with Gasteiger partial charge in [0.15, 0.2) is 0 Å². The predicted octanol–water partition coefficient (Wildman–Crippen LogP) is -0.626. The Morgan fingerprint density at radius 2 is 1.09 bits per heavy atom. The molecule has 11 heavy (non-hydrogen) atoms. The molecule has 3 N–H and O–H groups in total. The first-order valence-corrected chi connectivity index (χ1v) is 3.02. The van der Waals surface area contributed by atoms with Gasteiger partial charge in [-0.25, -0.2) is 14.4 Å². The highest BCUT2D eigenvalue weighted by Gasteiger charge is 2.52. The van der Waals surface area contributed by atoms with E-state index >= 15 is 0 Å². The lowest BCUT2D eigenvalue weighted by molar-refractivity contribution is -0.160. The molecule has 0 unspecified atom stereocenters. The minimum Gasteiger partial charge on any atom is -0.479 e. The van der Waals surface area contributed by atoms with Crippen LogP contribution in [0.4, 0.5) is 0 Å². The van der Waals surface area contributed by atoms with Crippen LogP contribution in [0.15, 0.2) is 0 Å². The molecule has 0 heterocycles. The number of hydrogen-bond acceptors (Lipinski definition) is 3. The highest BCUT2D eigenvalue weighted by Crippen LogP contribution is 2.18. The van der Waals surface area contributed by atoms with Gasteiger partial charge in [0.1, 0.15) is 0 Å². The predicted molar refractivity (Wildman–Crippen MR) is 34.6 cm³/mol. The van der Waals surface area contributed by atoms with Crippen LogP contribution in [0.1, 0.15) is 0 Å². The summed E-state index contributed by atoms with van der Waals surface area (Å²) in [6.07, 6.45) is 0. The van der Waals surface area contributed by atoms with Crippen molar-refractivity contribution in [2.24, 2.45) is 0 Å². The van der Waals surface area contributed by atoms with Crippen LogP contribution in [0.25, 0.3) is 0 Å². The number of carboxylic acid groups (broad SMARTS) is 3. The second-order valence-corrected chi connectivity index (χ2v) is 2.76. The molecule has 0 saturated heterocycles. The van der Waals surface area contributed by atoms with Gasteiger partial charge in [0.25, 0.3) is 0 Å². The van der Waals surface area contributed by atoms with E-state index in [-0.39, 0.29) is 0 Å². The standard InChI is InChI=1S/C4H3BrO6/c5-4(1(6)7,2(8)9)3(10)11/h(H,6,7)(H,8,9)(H,10,11). The van der Waals surface area contributed by atoms with Gasteiger partial charge in [-0.1, -0.05) is 0 Å². The van der Waals surface area contributed by atoms with Crippen molar-refractivity contribution in [3.05, 3.63) is 0 Å². The van der Waals surface area contributed by atoms with Crippen LogP contribution < -0.4 is 0 Å². The van der Waals surface area contributed by atoms with E-state index in [2.05, 4.69) is 15.9 Å². The van der Waals surface area contributed by atoms with E-state index in [1.807, 2.05) is 0 Å². The summed E-state index contributed by atoms with van der Waals surface area (Å²) in [4.78, 5) is 30.3. The van der Waals surface area contributed by atoms with Gasteiger partial charge in [0, 0.05) is 0 Å². The first kappa shape index (κ1) is 9.89. The van der Waals surface area contributed by atoms with Gasteiger partial charge < -0.3 is 15.3 Å². The molecule has 0 aliphatic heterocycles. The Balaban J connectivity index is 4.99. The summed E-state index contributed by atoms with van der Waals surface area (Å²) in [5, 5.41) is 24.5. The molecule has 0 fully saturated rings. The maximum Gasteiger partial charge on any atom is 0.343 e. The Morgan fingerprint density at radius 1 is 0.909 bits per heavy atom. The maximum atomic E-state index is 10.1. The third-order valence-electron chi connectivity index (χ3n) is 0.884. The van der Waals surface area contributed by atoms with Crippen LogP contribution in [0, 0.1) is 0 Å². The Morgan fingerprint density at radius 3 is 1.09 bits per heavy atom. The topological polar surface area (TPSA) is 112 Å². The van der Waals surface area contributed by atoms with Crippen molar-refractivity contribution in [1.29, 1.82) is 0 Å². The number of carbonyl (C=O) groups is 3. The fourth-order valence-electron chi connectivity index (χ4n) is 0.274. The molecule has 0 aliphatic carbocycles. The molecule has 0 saturated carbocycles. The summed E-state index contributed by atoms with van der Waals surface area (Å²) in [6.45, 7) is 0. The van der Waals surface area contributed by atoms with Crippen molar-refractivity contribution >= 4 is 33.8 Å². The van der Waals surface area contributed by atoms with E-state index in [4.69, 9.17) is 15.3 Å². The summed E-state index contributed by atoms with van der Waals surface area (Å²) >= 11 is 2.08. The summed E-state index contributed by atoms with van der Waals surface area (Å²) in [7, 11) is 0. The van der Waals surface area contributed by atoms with Gasteiger partial charge >= 0.3 is 22.2 Å². The van der Waals surface area contributed by atoms with Crippen LogP contribution in [0.5, 0.6) is 0 Å². The lowest BCUT2D eigenvalue weighted by atomic mass is 10.1. The molecule has 0 atom stereocenters. The molecule has 6 nitrogen and oxygen atoms in total. The van der Waals surface area contributed by atoms with Gasteiger partial charge in [0.05, 0.1) is 0 Å². The number of aliphatic carboxylic acids is 3. The second kappa shape index (κ2) is 2.87. The van der Waals surface area contributed by atoms with E-state index in [1.165, 1.54) is 0 Å². The fourth-order valence-corrected chi connectivity index (χ4v) is 0.274. The SMILES string of the molecule is O=C(O)C(Br)(C(=O)O)C(=O)O. The zero-order valence-electron chi connectivity index (χ0n) is 4.94. The summed E-state index contributed by atoms with van der Waals surface area (Å²) in [5.74, 6) is -5.92. The van der Waals surface area contributed by atoms with Crippen LogP contribution in [-0.2, 0) is 14.4 Å². The Labute approximate surface area is 68.6 Å². The molecule has 0 aromatic rings. The Bertz CT molecular complexity index is 185. The van der Waals surface area contributed by atoms with Gasteiger partial charge in [-0.3, -0.25) is 0 Å². The largest absolute Gasteiger partial charge is 0.479 e. The van der Waals surface area contributed by atoms with Crippen LogP contribution in [0.3, 0.4) is 0 Å². The summed E-state index contributed by atoms with van der Waals surface area (Å²) < 4.78 is -2.94. The first-order chi connectivity index (χ1) is 4.83. The molecule has 0 spiro atoms. The van der Waals surface area contributed by atoms with E-state index in [9.17, 15) is 14.4 Å². The number of rotatable bonds is 3. The van der Waals surface area contributed by atoms with Crippen molar-refractivity contribution in [3.63, 3.8) is 0 Å². The van der Waals surface area contributed by atoms with Crippen molar-refractivity contribution in [2.45, 2.75) is 4.32 Å². The van der Waals surface area contributed by atoms with Gasteiger partial charge in [-0.15, -0.1) is 0 Å². The first-order valence-electron chi connectivity index (χ1n) is 2.22. The van der Waals surface area contributed by atoms with Crippen LogP contribution in [0.2, 0.25) is 0 Å². The molecule has 0 bridgehead atoms. The minimum absolute atomic E-state index is 1.97. The van der Waals surface area contributed by atoms with Crippen molar-refractivity contribution < 1.29 is 29.7 Å². The van der Waals surface area contributed by atoms with E-state index < -0.39 is 22.2 Å². The van der Waals surface area contributed by atoms with Crippen LogP contribution >= 0.6 is 15.9 Å². The number of halogens is 1. The molecular weight excluding hydrogens is 224 g/mol. The molecule has 0 amide bonds. The minimum atomic E-state index is -2.94. The molecule has 0 aromatic carbocycles. The highest BCUT2D eigenvalue weighted by molar-refractivity contribution is 9.11. The second-order valence-electron chi connectivity index (χ2n) is 1.57. The van der Waals surface area contributed by atoms with Crippen molar-refractivity contribution in [2.75, 3.05) is 0 Å². The molecule has 7 heteroatoms. The highest BCUT2D eigenvalue weighted by atomic mass is 79.9. The summed E-state index contributed by atoms with van der Waals surface area (Å²) in [5.41, 5.74) is 0. The number of carboxylic acids is 3. The normalized spacial score (nSPS) is 10.6. The smallest absolute Gasteiger partial charge is 0.343 e. The molecule has 62 valence electrons. The molecule has 0 aromatic heterocycles. The van der Waals surface area contributed by atoms with Crippen molar-refractivity contribution in [1.82, 2.24) is 0 Å². The van der Waals surface area contributed by atoms with Gasteiger partial charge in [-0.2, -0.15) is 0 Å². The zero-order valence-corrected chi connectivity index (χ0v) is 6.53. The van der Waals surface area contributed by atoms with E-state index in [1.54, 1.807) is 0 Å². The van der Waals surface area contributed by atoms with Gasteiger partial charge in [-0.05, 0) is 15.9 Å². The lowest BCUT2D eigenvalue weighted by Gasteiger charge is -2.10. The Kier molecular flexibility index (Phi) is 2.58. The maximum absolute atomic E-state index is 10.1. The number of hydrogen-bond donors (Lipinski definition) is 3. The lowest BCUT2D eigenvalue weighted by Crippen LogP contribution is -2.47. The van der Waals surface area contributed by atoms with E-state index in [0.29, 0.717) is 0 Å². The third kappa shape index (κ3) is 1.48. The quantitative estimate of drug-likeness (QED) is 0.437. The monoisotopic (exact) mass is 226 g/mol. The van der Waals surface area contributed by atoms with Crippen LogP contribution in [-0.4, -0.2) is 37.6 Å². The number of alkyl halides is 1. The molecule has 0 aliphatic rings.